The molecule has 0 saturated carbocycles. The van der Waals surface area contributed by atoms with Gasteiger partial charge in [0.1, 0.15) is 5.75 Å². The van der Waals surface area contributed by atoms with E-state index in [1.165, 1.54) is 17.1 Å². The highest BCUT2D eigenvalue weighted by molar-refractivity contribution is 7.07. The molecule has 1 N–H and O–H groups in total. The number of benzene rings is 2. The van der Waals surface area contributed by atoms with Crippen LogP contribution in [0.2, 0.25) is 0 Å². The molecule has 176 valence electrons. The van der Waals surface area contributed by atoms with E-state index in [1.54, 1.807) is 0 Å². The van der Waals surface area contributed by atoms with E-state index in [2.05, 4.69) is 52.5 Å². The molecule has 3 rings (SSSR count). The second-order valence-corrected chi connectivity index (χ2v) is 8.91. The summed E-state index contributed by atoms with van der Waals surface area (Å²) in [4.78, 5) is 19.3. The number of carbonyl (C=O) groups excluding carboxylic acids is 1. The molecule has 0 aliphatic rings. The van der Waals surface area contributed by atoms with E-state index in [0.717, 1.165) is 43.9 Å². The minimum atomic E-state index is 0.0497. The van der Waals surface area contributed by atoms with Gasteiger partial charge in [-0.3, -0.25) is 4.79 Å². The normalized spacial score (nSPS) is 12.0. The van der Waals surface area contributed by atoms with E-state index in [1.807, 2.05) is 42.5 Å². The number of amides is 1. The van der Waals surface area contributed by atoms with Crippen molar-refractivity contribution in [3.05, 3.63) is 71.5 Å². The summed E-state index contributed by atoms with van der Waals surface area (Å²) in [6.45, 7) is 9.67. The van der Waals surface area contributed by atoms with Crippen LogP contribution in [0.4, 0.5) is 0 Å². The van der Waals surface area contributed by atoms with Crippen LogP contribution in [0, 0.1) is 0 Å². The standard InChI is InChI=1S/C26H34N4O2S/c1-4-30(5-2)17-9-10-20(3)27-25(31)19-22-13-15-23(16-14-22)32-26-28-24(29-33-26)18-21-11-7-6-8-12-21/h6-8,11-16,20H,4-5,9-10,17-19H2,1-3H3,(H,27,31). The molecule has 1 aromatic heterocycles. The maximum Gasteiger partial charge on any atom is 0.298 e. The molecule has 0 fully saturated rings. The van der Waals surface area contributed by atoms with Crippen molar-refractivity contribution in [2.45, 2.75) is 52.5 Å². The Balaban J connectivity index is 1.42. The van der Waals surface area contributed by atoms with E-state index in [0.29, 0.717) is 23.8 Å². The second kappa shape index (κ2) is 13.1. The monoisotopic (exact) mass is 466 g/mol. The van der Waals surface area contributed by atoms with Gasteiger partial charge in [-0.25, -0.2) is 0 Å². The van der Waals surface area contributed by atoms with Crippen LogP contribution in [0.25, 0.3) is 0 Å². The lowest BCUT2D eigenvalue weighted by Crippen LogP contribution is -2.34. The summed E-state index contributed by atoms with van der Waals surface area (Å²) in [6, 6.07) is 17.9. The number of rotatable bonds is 13. The molecule has 0 radical (unpaired) electrons. The maximum atomic E-state index is 12.4. The van der Waals surface area contributed by atoms with E-state index in [9.17, 15) is 4.79 Å². The molecule has 1 atom stereocenters. The van der Waals surface area contributed by atoms with E-state index < -0.39 is 0 Å². The molecule has 7 heteroatoms. The largest absolute Gasteiger partial charge is 0.430 e. The highest BCUT2D eigenvalue weighted by atomic mass is 32.1. The van der Waals surface area contributed by atoms with E-state index in [-0.39, 0.29) is 11.9 Å². The van der Waals surface area contributed by atoms with Crippen LogP contribution >= 0.6 is 11.5 Å². The third-order valence-electron chi connectivity index (χ3n) is 5.56. The number of hydrogen-bond donors (Lipinski definition) is 1. The van der Waals surface area contributed by atoms with Crippen LogP contribution in [0.1, 0.15) is 50.6 Å². The summed E-state index contributed by atoms with van der Waals surface area (Å²) in [6.07, 6.45) is 3.13. The predicted octanol–water partition coefficient (Wildman–Crippen LogP) is 5.09. The first kappa shape index (κ1) is 24.9. The Kier molecular flexibility index (Phi) is 9.84. The smallest absolute Gasteiger partial charge is 0.298 e. The van der Waals surface area contributed by atoms with Crippen LogP contribution < -0.4 is 10.1 Å². The second-order valence-electron chi connectivity index (χ2n) is 8.20. The van der Waals surface area contributed by atoms with Gasteiger partial charge in [-0.05, 0) is 62.7 Å². The molecule has 3 aromatic rings. The zero-order chi connectivity index (χ0) is 23.5. The summed E-state index contributed by atoms with van der Waals surface area (Å²) < 4.78 is 10.2. The number of nitrogens with one attached hydrogen (secondary N) is 1. The molecule has 33 heavy (non-hydrogen) atoms. The van der Waals surface area contributed by atoms with Crippen molar-refractivity contribution >= 4 is 17.4 Å². The molecule has 6 nitrogen and oxygen atoms in total. The van der Waals surface area contributed by atoms with Gasteiger partial charge in [0.15, 0.2) is 5.82 Å². The molecule has 1 unspecified atom stereocenters. The number of nitrogens with zero attached hydrogens (tertiary/aromatic N) is 3. The fourth-order valence-corrected chi connectivity index (χ4v) is 4.22. The summed E-state index contributed by atoms with van der Waals surface area (Å²) >= 11 is 1.25. The van der Waals surface area contributed by atoms with Crippen molar-refractivity contribution in [3.8, 4) is 10.9 Å². The molecule has 2 aromatic carbocycles. The van der Waals surface area contributed by atoms with Gasteiger partial charge in [-0.15, -0.1) is 0 Å². The fraction of sp³-hybridized carbons (Fsp3) is 0.423. The summed E-state index contributed by atoms with van der Waals surface area (Å²) in [5.41, 5.74) is 2.12. The van der Waals surface area contributed by atoms with Crippen LogP contribution in [0.15, 0.2) is 54.6 Å². The van der Waals surface area contributed by atoms with Gasteiger partial charge in [-0.1, -0.05) is 56.3 Å². The SMILES string of the molecule is CCN(CC)CCCC(C)NC(=O)Cc1ccc(Oc2nc(Cc3ccccc3)ns2)cc1. The van der Waals surface area contributed by atoms with Crippen molar-refractivity contribution in [1.82, 2.24) is 19.6 Å². The Hall–Kier alpha value is -2.77. The molecule has 0 aliphatic carbocycles. The van der Waals surface area contributed by atoms with Gasteiger partial charge < -0.3 is 15.0 Å². The molecule has 0 bridgehead atoms. The summed E-state index contributed by atoms with van der Waals surface area (Å²) in [5, 5.41) is 3.63. The van der Waals surface area contributed by atoms with Gasteiger partial charge in [0.2, 0.25) is 5.91 Å². The quantitative estimate of drug-likeness (QED) is 0.380. The molecular weight excluding hydrogens is 432 g/mol. The number of aromatic nitrogens is 2. The average molecular weight is 467 g/mol. The van der Waals surface area contributed by atoms with Crippen molar-refractivity contribution < 1.29 is 9.53 Å². The van der Waals surface area contributed by atoms with Gasteiger partial charge >= 0.3 is 0 Å². The molecule has 0 saturated heterocycles. The Morgan fingerprint density at radius 2 is 1.79 bits per heavy atom. The predicted molar refractivity (Wildman–Crippen MR) is 134 cm³/mol. The Bertz CT molecular complexity index is 971. The van der Waals surface area contributed by atoms with E-state index >= 15 is 0 Å². The molecule has 0 aliphatic heterocycles. The lowest BCUT2D eigenvalue weighted by Gasteiger charge is -2.19. The third kappa shape index (κ3) is 8.59. The van der Waals surface area contributed by atoms with Crippen molar-refractivity contribution in [2.24, 2.45) is 0 Å². The first-order valence-corrected chi connectivity index (χ1v) is 12.5. The van der Waals surface area contributed by atoms with Crippen molar-refractivity contribution in [2.75, 3.05) is 19.6 Å². The Morgan fingerprint density at radius 3 is 2.48 bits per heavy atom. The number of ether oxygens (including phenoxy) is 1. The highest BCUT2D eigenvalue weighted by Gasteiger charge is 2.11. The molecule has 1 amide bonds. The average Bonchev–Trinajstić information content (AvgIpc) is 3.25. The van der Waals surface area contributed by atoms with Gasteiger partial charge in [-0.2, -0.15) is 9.36 Å². The van der Waals surface area contributed by atoms with Crippen LogP contribution in [0.3, 0.4) is 0 Å². The molecule has 0 spiro atoms. The van der Waals surface area contributed by atoms with Gasteiger partial charge in [0.25, 0.3) is 5.19 Å². The molecular formula is C26H34N4O2S. The fourth-order valence-electron chi connectivity index (χ4n) is 3.65. The minimum Gasteiger partial charge on any atom is -0.430 e. The lowest BCUT2D eigenvalue weighted by molar-refractivity contribution is -0.121. The van der Waals surface area contributed by atoms with E-state index in [4.69, 9.17) is 4.74 Å². The van der Waals surface area contributed by atoms with Gasteiger partial charge in [0.05, 0.1) is 6.42 Å². The van der Waals surface area contributed by atoms with Crippen LogP contribution in [0.5, 0.6) is 10.9 Å². The Labute approximate surface area is 201 Å². The van der Waals surface area contributed by atoms with Crippen molar-refractivity contribution in [1.29, 1.82) is 0 Å². The highest BCUT2D eigenvalue weighted by Crippen LogP contribution is 2.24. The van der Waals surface area contributed by atoms with Gasteiger partial charge in [0, 0.05) is 24.0 Å². The number of hydrogen-bond acceptors (Lipinski definition) is 6. The lowest BCUT2D eigenvalue weighted by atomic mass is 10.1. The molecule has 1 heterocycles. The van der Waals surface area contributed by atoms with Crippen molar-refractivity contribution in [3.63, 3.8) is 0 Å². The topological polar surface area (TPSA) is 67.4 Å². The zero-order valence-electron chi connectivity index (χ0n) is 19.8. The third-order valence-corrected chi connectivity index (χ3v) is 6.19. The summed E-state index contributed by atoms with van der Waals surface area (Å²) in [5.74, 6) is 1.49. The first-order valence-electron chi connectivity index (χ1n) is 11.7. The first-order chi connectivity index (χ1) is 16.1. The number of carbonyl (C=O) groups is 1. The van der Waals surface area contributed by atoms with Crippen LogP contribution in [-0.2, 0) is 17.6 Å². The maximum absolute atomic E-state index is 12.4. The van der Waals surface area contributed by atoms with Crippen LogP contribution in [-0.4, -0.2) is 45.8 Å². The minimum absolute atomic E-state index is 0.0497. The Morgan fingerprint density at radius 1 is 1.06 bits per heavy atom. The zero-order valence-corrected chi connectivity index (χ0v) is 20.6. The summed E-state index contributed by atoms with van der Waals surface area (Å²) in [7, 11) is 0.